The molecule has 0 amide bonds. The fourth-order valence-electron chi connectivity index (χ4n) is 3.45. The molecule has 1 aromatic rings. The Balaban J connectivity index is 1.49. The van der Waals surface area contributed by atoms with Gasteiger partial charge in [-0.15, -0.1) is 0 Å². The third kappa shape index (κ3) is 3.61. The van der Waals surface area contributed by atoms with Crippen molar-refractivity contribution in [3.63, 3.8) is 0 Å². The minimum Gasteiger partial charge on any atom is -0.481 e. The van der Waals surface area contributed by atoms with Crippen molar-refractivity contribution >= 4 is 5.97 Å². The zero-order chi connectivity index (χ0) is 14.7. The van der Waals surface area contributed by atoms with Gasteiger partial charge < -0.3 is 9.84 Å². The largest absolute Gasteiger partial charge is 0.481 e. The van der Waals surface area contributed by atoms with Crippen LogP contribution in [0, 0.1) is 5.92 Å². The summed E-state index contributed by atoms with van der Waals surface area (Å²) in [6.07, 6.45) is 3.41. The van der Waals surface area contributed by atoms with Gasteiger partial charge in [0.05, 0.1) is 19.1 Å². The molecule has 1 aromatic carbocycles. The van der Waals surface area contributed by atoms with E-state index in [4.69, 9.17) is 9.84 Å². The average Bonchev–Trinajstić information content (AvgIpc) is 2.88. The Kier molecular flexibility index (Phi) is 4.53. The molecule has 21 heavy (non-hydrogen) atoms. The summed E-state index contributed by atoms with van der Waals surface area (Å²) in [5.74, 6) is -0.338. The van der Waals surface area contributed by atoms with Gasteiger partial charge in [0.15, 0.2) is 0 Å². The van der Waals surface area contributed by atoms with Crippen LogP contribution in [0.2, 0.25) is 0 Å². The summed E-state index contributed by atoms with van der Waals surface area (Å²) >= 11 is 0. The van der Waals surface area contributed by atoms with Crippen LogP contribution < -0.4 is 10.9 Å². The summed E-state index contributed by atoms with van der Waals surface area (Å²) in [7, 11) is 0. The third-order valence-corrected chi connectivity index (χ3v) is 4.55. The highest BCUT2D eigenvalue weighted by atomic mass is 16.5. The molecule has 1 heterocycles. The highest BCUT2D eigenvalue weighted by molar-refractivity contribution is 5.67. The van der Waals surface area contributed by atoms with E-state index in [-0.39, 0.29) is 18.6 Å². The topological polar surface area (TPSA) is 70.6 Å². The van der Waals surface area contributed by atoms with Crippen molar-refractivity contribution in [2.75, 3.05) is 0 Å². The van der Waals surface area contributed by atoms with Crippen LogP contribution in [0.3, 0.4) is 0 Å². The molecule has 0 spiro atoms. The molecule has 0 aromatic heterocycles. The molecule has 4 atom stereocenters. The second kappa shape index (κ2) is 6.56. The lowest BCUT2D eigenvalue weighted by Crippen LogP contribution is -2.38. The van der Waals surface area contributed by atoms with E-state index in [0.29, 0.717) is 18.6 Å². The molecule has 3 N–H and O–H groups in total. The molecule has 1 aliphatic heterocycles. The molecule has 5 heteroatoms. The van der Waals surface area contributed by atoms with Gasteiger partial charge in [-0.1, -0.05) is 30.3 Å². The number of carbonyl (C=O) groups is 1. The first-order valence-electron chi connectivity index (χ1n) is 7.61. The van der Waals surface area contributed by atoms with Crippen LogP contribution in [0.15, 0.2) is 30.3 Å². The molecule has 1 saturated heterocycles. The molecule has 2 fully saturated rings. The van der Waals surface area contributed by atoms with Gasteiger partial charge in [-0.25, -0.2) is 0 Å². The van der Waals surface area contributed by atoms with Crippen molar-refractivity contribution in [1.29, 1.82) is 0 Å². The number of carboxylic acids is 1. The van der Waals surface area contributed by atoms with Crippen LogP contribution in [0.5, 0.6) is 0 Å². The minimum absolute atomic E-state index is 0.0440. The first-order chi connectivity index (χ1) is 10.2. The van der Waals surface area contributed by atoms with E-state index in [1.807, 2.05) is 18.2 Å². The SMILES string of the molecule is O=C(O)CC1NNC2CC(OCc3ccccc3)CCC12. The third-order valence-electron chi connectivity index (χ3n) is 4.55. The first kappa shape index (κ1) is 14.5. The molecule has 1 saturated carbocycles. The van der Waals surface area contributed by atoms with Crippen molar-refractivity contribution in [3.8, 4) is 0 Å². The second-order valence-corrected chi connectivity index (χ2v) is 6.00. The van der Waals surface area contributed by atoms with Crippen molar-refractivity contribution in [3.05, 3.63) is 35.9 Å². The maximum Gasteiger partial charge on any atom is 0.304 e. The van der Waals surface area contributed by atoms with Crippen LogP contribution in [-0.4, -0.2) is 29.3 Å². The number of fused-ring (bicyclic) bond motifs is 1. The Morgan fingerprint density at radius 2 is 2.05 bits per heavy atom. The van der Waals surface area contributed by atoms with Gasteiger partial charge in [-0.3, -0.25) is 15.6 Å². The Labute approximate surface area is 124 Å². The maximum absolute atomic E-state index is 10.9. The summed E-state index contributed by atoms with van der Waals surface area (Å²) in [4.78, 5) is 10.9. The minimum atomic E-state index is -0.739. The van der Waals surface area contributed by atoms with Crippen LogP contribution in [0.25, 0.3) is 0 Å². The quantitative estimate of drug-likeness (QED) is 0.770. The highest BCUT2D eigenvalue weighted by Gasteiger charge is 2.41. The van der Waals surface area contributed by atoms with Gasteiger partial charge in [0.2, 0.25) is 0 Å². The Hall–Kier alpha value is -1.43. The predicted molar refractivity (Wildman–Crippen MR) is 78.5 cm³/mol. The first-order valence-corrected chi connectivity index (χ1v) is 7.61. The highest BCUT2D eigenvalue weighted by Crippen LogP contribution is 2.33. The molecule has 3 rings (SSSR count). The van der Waals surface area contributed by atoms with Crippen molar-refractivity contribution in [2.45, 2.75) is 50.5 Å². The zero-order valence-corrected chi connectivity index (χ0v) is 12.0. The van der Waals surface area contributed by atoms with Gasteiger partial charge in [0.1, 0.15) is 0 Å². The van der Waals surface area contributed by atoms with Gasteiger partial charge in [0.25, 0.3) is 0 Å². The number of carboxylic acid groups (broad SMARTS) is 1. The van der Waals surface area contributed by atoms with Crippen LogP contribution in [0.4, 0.5) is 0 Å². The van der Waals surface area contributed by atoms with Gasteiger partial charge in [-0.2, -0.15) is 0 Å². The van der Waals surface area contributed by atoms with Crippen molar-refractivity contribution in [1.82, 2.24) is 10.9 Å². The number of benzene rings is 1. The summed E-state index contributed by atoms with van der Waals surface area (Å²) in [5, 5.41) is 8.93. The van der Waals surface area contributed by atoms with E-state index >= 15 is 0 Å². The number of hydrogen-bond donors (Lipinski definition) is 3. The van der Waals surface area contributed by atoms with E-state index < -0.39 is 5.97 Å². The van der Waals surface area contributed by atoms with Crippen molar-refractivity contribution < 1.29 is 14.6 Å². The van der Waals surface area contributed by atoms with Gasteiger partial charge >= 0.3 is 5.97 Å². The number of nitrogens with one attached hydrogen (secondary N) is 2. The Morgan fingerprint density at radius 3 is 2.81 bits per heavy atom. The zero-order valence-electron chi connectivity index (χ0n) is 12.0. The monoisotopic (exact) mass is 290 g/mol. The number of ether oxygens (including phenoxy) is 1. The number of aliphatic carboxylic acids is 1. The molecular formula is C16H22N2O3. The lowest BCUT2D eigenvalue weighted by atomic mass is 9.79. The fraction of sp³-hybridized carbons (Fsp3) is 0.562. The van der Waals surface area contributed by atoms with E-state index in [1.165, 1.54) is 5.56 Å². The Morgan fingerprint density at radius 1 is 1.24 bits per heavy atom. The molecule has 0 radical (unpaired) electrons. The molecule has 4 unspecified atom stereocenters. The standard InChI is InChI=1S/C16H22N2O3/c19-16(20)9-15-13-7-6-12(8-14(13)17-18-15)21-10-11-4-2-1-3-5-11/h1-5,12-15,17-18H,6-10H2,(H,19,20). The van der Waals surface area contributed by atoms with Crippen LogP contribution in [0.1, 0.15) is 31.2 Å². The molecule has 5 nitrogen and oxygen atoms in total. The smallest absolute Gasteiger partial charge is 0.304 e. The summed E-state index contributed by atoms with van der Waals surface area (Å²) in [5.41, 5.74) is 7.58. The van der Waals surface area contributed by atoms with Gasteiger partial charge in [-0.05, 0) is 30.7 Å². The maximum atomic E-state index is 10.9. The summed E-state index contributed by atoms with van der Waals surface area (Å²) in [6, 6.07) is 10.6. The predicted octanol–water partition coefficient (Wildman–Crippen LogP) is 1.69. The van der Waals surface area contributed by atoms with Gasteiger partial charge in [0, 0.05) is 12.1 Å². The summed E-state index contributed by atoms with van der Waals surface area (Å²) < 4.78 is 6.01. The summed E-state index contributed by atoms with van der Waals surface area (Å²) in [6.45, 7) is 0.648. The average molecular weight is 290 g/mol. The van der Waals surface area contributed by atoms with Crippen LogP contribution in [-0.2, 0) is 16.1 Å². The Bertz CT molecular complexity index is 480. The second-order valence-electron chi connectivity index (χ2n) is 6.00. The lowest BCUT2D eigenvalue weighted by molar-refractivity contribution is -0.137. The number of hydrazine groups is 1. The number of hydrogen-bond acceptors (Lipinski definition) is 4. The molecule has 0 bridgehead atoms. The van der Waals surface area contributed by atoms with E-state index in [9.17, 15) is 4.79 Å². The molecule has 2 aliphatic rings. The fourth-order valence-corrected chi connectivity index (χ4v) is 3.45. The van der Waals surface area contributed by atoms with E-state index in [2.05, 4.69) is 23.0 Å². The number of rotatable bonds is 5. The molecule has 114 valence electrons. The lowest BCUT2D eigenvalue weighted by Gasteiger charge is -2.32. The normalized spacial score (nSPS) is 31.8. The van der Waals surface area contributed by atoms with E-state index in [0.717, 1.165) is 19.3 Å². The molecular weight excluding hydrogens is 268 g/mol. The molecule has 1 aliphatic carbocycles. The van der Waals surface area contributed by atoms with E-state index in [1.54, 1.807) is 0 Å². The van der Waals surface area contributed by atoms with Crippen molar-refractivity contribution in [2.24, 2.45) is 5.92 Å². The van der Waals surface area contributed by atoms with Crippen LogP contribution >= 0.6 is 0 Å².